The number of anilines is 2. The summed E-state index contributed by atoms with van der Waals surface area (Å²) in [7, 11) is 0. The highest BCUT2D eigenvalue weighted by molar-refractivity contribution is 6.01. The van der Waals surface area contributed by atoms with Crippen LogP contribution in [0, 0.1) is 5.82 Å². The lowest BCUT2D eigenvalue weighted by Crippen LogP contribution is -2.50. The van der Waals surface area contributed by atoms with Crippen molar-refractivity contribution in [3.05, 3.63) is 65.2 Å². The van der Waals surface area contributed by atoms with E-state index in [-0.39, 0.29) is 54.0 Å². The molecule has 4 saturated heterocycles. The molecule has 2 atom stereocenters. The molecule has 2 aromatic carbocycles. The molecule has 0 radical (unpaired) electrons. The van der Waals surface area contributed by atoms with Gasteiger partial charge in [0.2, 0.25) is 11.8 Å². The molecule has 0 aromatic heterocycles. The van der Waals surface area contributed by atoms with Crippen molar-refractivity contribution in [2.24, 2.45) is 4.99 Å². The Hall–Kier alpha value is -4.56. The highest BCUT2D eigenvalue weighted by Gasteiger charge is 2.34. The zero-order valence-electron chi connectivity index (χ0n) is 32.7. The minimum Gasteiger partial charge on any atom is -0.446 e. The lowest BCUT2D eigenvalue weighted by molar-refractivity contribution is -0.133. The number of aliphatic imine (C=N–C) groups is 1. The molecule has 0 bridgehead atoms. The second-order valence-corrected chi connectivity index (χ2v) is 16.6. The lowest BCUT2D eigenvalue weighted by atomic mass is 9.87. The van der Waals surface area contributed by atoms with Crippen LogP contribution in [0.2, 0.25) is 0 Å². The lowest BCUT2D eigenvalue weighted by Gasteiger charge is -2.42. The molecule has 8 rings (SSSR count). The summed E-state index contributed by atoms with van der Waals surface area (Å²) in [6.07, 6.45) is 11.5. The average molecular weight is 787 g/mol. The number of hydrogen-bond acceptors (Lipinski definition) is 10. The molecule has 306 valence electrons. The first-order valence-electron chi connectivity index (χ1n) is 21.2. The Balaban J connectivity index is 0.733. The largest absolute Gasteiger partial charge is 0.446 e. The predicted molar refractivity (Wildman–Crippen MR) is 216 cm³/mol. The number of nitrogens with zero attached hydrogens (tertiary/aromatic N) is 4. The summed E-state index contributed by atoms with van der Waals surface area (Å²) >= 11 is 0. The van der Waals surface area contributed by atoms with Crippen LogP contribution in [0.4, 0.5) is 25.0 Å². The normalized spacial score (nSPS) is 26.9. The highest BCUT2D eigenvalue weighted by atomic mass is 19.1. The predicted octanol–water partition coefficient (Wildman–Crippen LogP) is 6.01. The number of rotatable bonds is 9. The molecule has 12 nitrogen and oxygen atoms in total. The number of imide groups is 1. The maximum Gasteiger partial charge on any atom is 0.410 e. The van der Waals surface area contributed by atoms with E-state index in [1.807, 2.05) is 29.2 Å². The zero-order chi connectivity index (χ0) is 39.3. The summed E-state index contributed by atoms with van der Waals surface area (Å²) in [5.41, 5.74) is 3.64. The van der Waals surface area contributed by atoms with E-state index in [1.165, 1.54) is 31.5 Å². The van der Waals surface area contributed by atoms with Gasteiger partial charge in [-0.15, -0.1) is 0 Å². The molecule has 3 amide bonds. The number of benzene rings is 2. The van der Waals surface area contributed by atoms with Crippen molar-refractivity contribution in [1.82, 2.24) is 25.8 Å². The van der Waals surface area contributed by atoms with Crippen molar-refractivity contribution in [2.75, 3.05) is 49.5 Å². The van der Waals surface area contributed by atoms with Gasteiger partial charge in [-0.1, -0.05) is 18.2 Å². The molecule has 1 saturated carbocycles. The van der Waals surface area contributed by atoms with Crippen LogP contribution in [0.5, 0.6) is 0 Å². The number of halogens is 2. The van der Waals surface area contributed by atoms with Crippen molar-refractivity contribution in [3.63, 3.8) is 0 Å². The quantitative estimate of drug-likeness (QED) is 0.226. The molecule has 1 aliphatic carbocycles. The molecule has 5 fully saturated rings. The number of piperidine rings is 4. The molecule has 5 heterocycles. The Kier molecular flexibility index (Phi) is 12.4. The van der Waals surface area contributed by atoms with E-state index in [0.29, 0.717) is 42.5 Å². The summed E-state index contributed by atoms with van der Waals surface area (Å²) in [6.45, 7) is 5.15. The molecule has 4 N–H and O–H groups in total. The maximum absolute atomic E-state index is 15.3. The number of nitrogens with one attached hydrogen (secondary N) is 4. The van der Waals surface area contributed by atoms with Crippen LogP contribution in [0.25, 0.3) is 5.70 Å². The van der Waals surface area contributed by atoms with Crippen LogP contribution < -0.4 is 26.2 Å². The standard InChI is InChI=1S/C43H56F2N8O4/c44-36-26-31(47-38-13-14-39(54)49-41(38)55)9-12-35(36)28-15-21-52(22-16-28)32-17-23-53(24-18-32)43(56)57-34-10-7-30(8-11-34)48-42-46-27-37(45)40(50-42)29-5-4-6-33(25-29)51-19-2-1-3-20-51/h4-6,9,12,25-28,30,32,34,38,42,47-48,50H,1-3,7-8,10-11,13-24H2,(H,49,54,55). The van der Waals surface area contributed by atoms with E-state index in [0.717, 1.165) is 88.8 Å². The van der Waals surface area contributed by atoms with Gasteiger partial charge >= 0.3 is 6.09 Å². The third-order valence-electron chi connectivity index (χ3n) is 12.8. The van der Waals surface area contributed by atoms with Gasteiger partial charge in [0.1, 0.15) is 18.0 Å². The number of hydrogen-bond donors (Lipinski definition) is 4. The first-order chi connectivity index (χ1) is 27.8. The van der Waals surface area contributed by atoms with Gasteiger partial charge in [-0.2, -0.15) is 0 Å². The number of carbonyl (C=O) groups is 3. The Labute approximate surface area is 333 Å². The second kappa shape index (κ2) is 17.9. The summed E-state index contributed by atoms with van der Waals surface area (Å²) < 4.78 is 36.3. The Bertz CT molecular complexity index is 1830. The van der Waals surface area contributed by atoms with Gasteiger partial charge in [0.25, 0.3) is 0 Å². The fourth-order valence-corrected chi connectivity index (χ4v) is 9.52. The Morgan fingerprint density at radius 1 is 0.842 bits per heavy atom. The topological polar surface area (TPSA) is 131 Å². The molecule has 6 aliphatic rings. The molecule has 2 unspecified atom stereocenters. The third kappa shape index (κ3) is 9.60. The summed E-state index contributed by atoms with van der Waals surface area (Å²) in [4.78, 5) is 47.8. The van der Waals surface area contributed by atoms with Gasteiger partial charge in [-0.05, 0) is 126 Å². The van der Waals surface area contributed by atoms with Crippen molar-refractivity contribution >= 4 is 41.2 Å². The van der Waals surface area contributed by atoms with Crippen molar-refractivity contribution in [1.29, 1.82) is 0 Å². The summed E-state index contributed by atoms with van der Waals surface area (Å²) in [5.74, 6) is -1.17. The molecule has 57 heavy (non-hydrogen) atoms. The third-order valence-corrected chi connectivity index (χ3v) is 12.8. The number of likely N-dealkylation sites (tertiary alicyclic amines) is 2. The second-order valence-electron chi connectivity index (χ2n) is 16.6. The molecular weight excluding hydrogens is 731 g/mol. The Morgan fingerprint density at radius 2 is 1.61 bits per heavy atom. The number of allylic oxidation sites excluding steroid dienone is 1. The molecular formula is C43H56F2N8O4. The Morgan fingerprint density at radius 3 is 2.35 bits per heavy atom. The van der Waals surface area contributed by atoms with Crippen LogP contribution in [0.3, 0.4) is 0 Å². The van der Waals surface area contributed by atoms with E-state index in [1.54, 1.807) is 0 Å². The highest BCUT2D eigenvalue weighted by Crippen LogP contribution is 2.34. The summed E-state index contributed by atoms with van der Waals surface area (Å²) in [5, 5.41) is 12.2. The molecule has 14 heteroatoms. The van der Waals surface area contributed by atoms with Gasteiger partial charge in [0.05, 0.1) is 11.9 Å². The van der Waals surface area contributed by atoms with E-state index in [4.69, 9.17) is 4.74 Å². The van der Waals surface area contributed by atoms with Crippen LogP contribution in [0.1, 0.15) is 101 Å². The molecule has 5 aliphatic heterocycles. The number of carbonyl (C=O) groups excluding carboxylic acids is 3. The SMILES string of the molecule is O=C1CCC(Nc2ccc(C3CCN(C4CCN(C(=O)OC5CCC(NC6N=CC(F)=C(c7cccc(N8CCCCC8)c7)N6)CC5)CC4)CC3)c(F)c2)C(=O)N1. The first kappa shape index (κ1) is 39.3. The average Bonchev–Trinajstić information content (AvgIpc) is 3.24. The van der Waals surface area contributed by atoms with Gasteiger partial charge in [0.15, 0.2) is 12.1 Å². The number of ether oxygens (including phenoxy) is 1. The maximum atomic E-state index is 15.3. The zero-order valence-corrected chi connectivity index (χ0v) is 32.7. The van der Waals surface area contributed by atoms with E-state index < -0.39 is 12.3 Å². The van der Waals surface area contributed by atoms with Gasteiger partial charge in [0, 0.05) is 61.6 Å². The smallest absolute Gasteiger partial charge is 0.410 e. The van der Waals surface area contributed by atoms with Crippen molar-refractivity contribution in [3.8, 4) is 0 Å². The minimum atomic E-state index is -0.548. The number of amides is 3. The van der Waals surface area contributed by atoms with E-state index >= 15 is 8.78 Å². The van der Waals surface area contributed by atoms with Crippen LogP contribution in [-0.4, -0.2) is 104 Å². The van der Waals surface area contributed by atoms with Gasteiger partial charge in [-0.25, -0.2) is 13.6 Å². The van der Waals surface area contributed by atoms with Crippen LogP contribution in [-0.2, 0) is 14.3 Å². The fourth-order valence-electron chi connectivity index (χ4n) is 9.52. The van der Waals surface area contributed by atoms with E-state index in [9.17, 15) is 14.4 Å². The molecule has 0 spiro atoms. The van der Waals surface area contributed by atoms with Gasteiger partial charge in [-0.3, -0.25) is 25.2 Å². The summed E-state index contributed by atoms with van der Waals surface area (Å²) in [6, 6.07) is 13.2. The van der Waals surface area contributed by atoms with Crippen LogP contribution in [0.15, 0.2) is 53.3 Å². The first-order valence-corrected chi connectivity index (χ1v) is 21.2. The monoisotopic (exact) mass is 786 g/mol. The van der Waals surface area contributed by atoms with E-state index in [2.05, 4.69) is 48.2 Å². The van der Waals surface area contributed by atoms with Gasteiger partial charge < -0.3 is 30.1 Å². The van der Waals surface area contributed by atoms with Crippen molar-refractivity contribution in [2.45, 2.75) is 120 Å². The fraction of sp³-hybridized carbons (Fsp3) is 0.581. The van der Waals surface area contributed by atoms with Crippen LogP contribution >= 0.6 is 0 Å². The van der Waals surface area contributed by atoms with Crippen molar-refractivity contribution < 1.29 is 27.9 Å². The minimum absolute atomic E-state index is 0.122. The molecule has 2 aromatic rings.